The van der Waals surface area contributed by atoms with Crippen LogP contribution in [0.1, 0.15) is 38.3 Å². The van der Waals surface area contributed by atoms with Crippen molar-refractivity contribution in [1.29, 1.82) is 5.41 Å². The maximum Gasteiger partial charge on any atom is 0.263 e. The molecule has 0 radical (unpaired) electrons. The van der Waals surface area contributed by atoms with E-state index >= 15 is 0 Å². The smallest absolute Gasteiger partial charge is 0.263 e. The molecule has 0 aromatic heterocycles. The van der Waals surface area contributed by atoms with Crippen LogP contribution in [0.15, 0.2) is 65.2 Å². The van der Waals surface area contributed by atoms with Crippen molar-refractivity contribution < 1.29 is 14.4 Å². The van der Waals surface area contributed by atoms with E-state index in [9.17, 15) is 14.4 Å². The van der Waals surface area contributed by atoms with Crippen molar-refractivity contribution in [2.45, 2.75) is 19.4 Å². The molecule has 4 N–H and O–H groups in total. The van der Waals surface area contributed by atoms with Crippen LogP contribution in [0.2, 0.25) is 0 Å². The van der Waals surface area contributed by atoms with Crippen molar-refractivity contribution in [2.24, 2.45) is 5.73 Å². The predicted molar refractivity (Wildman–Crippen MR) is 131 cm³/mol. The third kappa shape index (κ3) is 4.62. The summed E-state index contributed by atoms with van der Waals surface area (Å²) in [5.74, 6) is -1.35. The first-order valence-electron chi connectivity index (χ1n) is 10.1. The molecule has 9 heteroatoms. The average Bonchev–Trinajstić information content (AvgIpc) is 3.02. The number of anilines is 1. The number of carbonyl (C=O) groups excluding carboxylic acids is 3. The van der Waals surface area contributed by atoms with Gasteiger partial charge in [-0.2, -0.15) is 0 Å². The number of imide groups is 1. The van der Waals surface area contributed by atoms with Crippen LogP contribution in [0, 0.1) is 5.41 Å². The minimum Gasteiger partial charge on any atom is -0.387 e. The SMILES string of the molecule is N=C(N)Cc1ccc(CN2C(=O)c3cccc(NC(=O)C4=CC(Cl)=CCC4=S)c3C2=O)cc1. The third-order valence-corrected chi connectivity index (χ3v) is 5.97. The molecule has 0 spiro atoms. The quantitative estimate of drug-likeness (QED) is 0.253. The molecule has 3 amide bonds. The fourth-order valence-corrected chi connectivity index (χ4v) is 4.13. The molecule has 1 aliphatic heterocycles. The van der Waals surface area contributed by atoms with Crippen LogP contribution in [0.25, 0.3) is 0 Å². The summed E-state index contributed by atoms with van der Waals surface area (Å²) in [5.41, 5.74) is 7.91. The van der Waals surface area contributed by atoms with E-state index < -0.39 is 17.7 Å². The zero-order chi connectivity index (χ0) is 23.7. The number of amidine groups is 1. The van der Waals surface area contributed by atoms with Gasteiger partial charge in [0.05, 0.1) is 34.8 Å². The van der Waals surface area contributed by atoms with E-state index in [0.717, 1.165) is 16.0 Å². The van der Waals surface area contributed by atoms with Crippen LogP contribution in [0.5, 0.6) is 0 Å². The lowest BCUT2D eigenvalue weighted by molar-refractivity contribution is -0.112. The van der Waals surface area contributed by atoms with Crippen molar-refractivity contribution >= 4 is 57.9 Å². The van der Waals surface area contributed by atoms with Gasteiger partial charge in [-0.1, -0.05) is 60.2 Å². The van der Waals surface area contributed by atoms with Crippen LogP contribution in [-0.4, -0.2) is 33.3 Å². The highest BCUT2D eigenvalue weighted by Crippen LogP contribution is 2.31. The van der Waals surface area contributed by atoms with Crippen LogP contribution < -0.4 is 11.1 Å². The van der Waals surface area contributed by atoms with Gasteiger partial charge in [-0.3, -0.25) is 24.7 Å². The fourth-order valence-electron chi connectivity index (χ4n) is 3.71. The second kappa shape index (κ2) is 9.09. The number of nitrogens with zero attached hydrogens (tertiary/aromatic N) is 1. The minimum absolute atomic E-state index is 0.0562. The number of nitrogens with two attached hydrogens (primary N) is 1. The first-order valence-corrected chi connectivity index (χ1v) is 10.8. The molecule has 2 aliphatic rings. The first-order chi connectivity index (χ1) is 15.7. The topological polar surface area (TPSA) is 116 Å². The number of carbonyl (C=O) groups is 3. The van der Waals surface area contributed by atoms with Crippen LogP contribution >= 0.6 is 23.8 Å². The molecule has 0 fully saturated rings. The molecule has 7 nitrogen and oxygen atoms in total. The number of benzene rings is 2. The molecule has 2 aromatic rings. The van der Waals surface area contributed by atoms with E-state index in [1.54, 1.807) is 48.5 Å². The molecule has 0 saturated heterocycles. The molecule has 4 rings (SSSR count). The molecule has 0 unspecified atom stereocenters. The van der Waals surface area contributed by atoms with Gasteiger partial charge in [0.15, 0.2) is 0 Å². The zero-order valence-corrected chi connectivity index (χ0v) is 18.9. The molecular formula is C24H19ClN4O3S. The Morgan fingerprint density at radius 2 is 1.82 bits per heavy atom. The minimum atomic E-state index is -0.489. The van der Waals surface area contributed by atoms with E-state index in [1.807, 2.05) is 0 Å². The normalized spacial score (nSPS) is 15.2. The Bertz CT molecular complexity index is 1280. The Labute approximate surface area is 200 Å². The molecule has 2 aromatic carbocycles. The number of rotatable bonds is 6. The number of hydrogen-bond acceptors (Lipinski definition) is 5. The number of allylic oxidation sites excluding steroid dienone is 3. The Balaban J connectivity index is 1.56. The van der Waals surface area contributed by atoms with E-state index in [2.05, 4.69) is 5.32 Å². The van der Waals surface area contributed by atoms with Gasteiger partial charge in [0, 0.05) is 22.7 Å². The average molecular weight is 479 g/mol. The van der Waals surface area contributed by atoms with Gasteiger partial charge in [0.1, 0.15) is 0 Å². The number of hydrogen-bond donors (Lipinski definition) is 3. The van der Waals surface area contributed by atoms with Crippen LogP contribution in [-0.2, 0) is 17.8 Å². The van der Waals surface area contributed by atoms with Gasteiger partial charge in [0.2, 0.25) is 0 Å². The van der Waals surface area contributed by atoms with Crippen molar-refractivity contribution in [3.63, 3.8) is 0 Å². The molecule has 1 heterocycles. The summed E-state index contributed by atoms with van der Waals surface area (Å²) in [6.45, 7) is 0.0791. The summed E-state index contributed by atoms with van der Waals surface area (Å²) < 4.78 is 0. The largest absolute Gasteiger partial charge is 0.387 e. The highest BCUT2D eigenvalue weighted by Gasteiger charge is 2.38. The molecule has 1 aliphatic carbocycles. The summed E-state index contributed by atoms with van der Waals surface area (Å²) in [4.78, 5) is 40.5. The van der Waals surface area contributed by atoms with E-state index in [1.165, 1.54) is 6.08 Å². The lowest BCUT2D eigenvalue weighted by Gasteiger charge is -2.15. The van der Waals surface area contributed by atoms with Gasteiger partial charge >= 0.3 is 0 Å². The maximum atomic E-state index is 13.2. The van der Waals surface area contributed by atoms with E-state index in [0.29, 0.717) is 22.7 Å². The summed E-state index contributed by atoms with van der Waals surface area (Å²) in [7, 11) is 0. The maximum absolute atomic E-state index is 13.2. The number of halogens is 1. The van der Waals surface area contributed by atoms with Gasteiger partial charge in [-0.15, -0.1) is 0 Å². The second-order valence-corrected chi connectivity index (χ2v) is 8.60. The molecule has 0 bridgehead atoms. The van der Waals surface area contributed by atoms with Gasteiger partial charge in [-0.25, -0.2) is 0 Å². The van der Waals surface area contributed by atoms with Crippen molar-refractivity contribution in [2.75, 3.05) is 5.32 Å². The van der Waals surface area contributed by atoms with Gasteiger partial charge in [0.25, 0.3) is 17.7 Å². The summed E-state index contributed by atoms with van der Waals surface area (Å²) >= 11 is 11.3. The van der Waals surface area contributed by atoms with Crippen molar-refractivity contribution in [3.8, 4) is 0 Å². The lowest BCUT2D eigenvalue weighted by atomic mass is 10.0. The summed E-state index contributed by atoms with van der Waals surface area (Å²) in [5, 5.41) is 10.5. The predicted octanol–water partition coefficient (Wildman–Crippen LogP) is 3.72. The molecule has 166 valence electrons. The fraction of sp³-hybridized carbons (Fsp3) is 0.125. The number of fused-ring (bicyclic) bond motifs is 1. The van der Waals surface area contributed by atoms with Crippen LogP contribution in [0.4, 0.5) is 5.69 Å². The first kappa shape index (κ1) is 22.6. The highest BCUT2D eigenvalue weighted by atomic mass is 35.5. The third-order valence-electron chi connectivity index (χ3n) is 5.32. The van der Waals surface area contributed by atoms with Gasteiger partial charge in [-0.05, 0) is 29.3 Å². The molecule has 0 atom stereocenters. The second-order valence-electron chi connectivity index (χ2n) is 7.67. The lowest BCUT2D eigenvalue weighted by Crippen LogP contribution is -2.29. The Morgan fingerprint density at radius 3 is 2.52 bits per heavy atom. The Hall–Kier alpha value is -3.62. The highest BCUT2D eigenvalue weighted by molar-refractivity contribution is 7.81. The number of thiocarbonyl (C=S) groups is 1. The number of nitrogens with one attached hydrogen (secondary N) is 2. The molecule has 33 heavy (non-hydrogen) atoms. The Morgan fingerprint density at radius 1 is 1.12 bits per heavy atom. The monoisotopic (exact) mass is 478 g/mol. The van der Waals surface area contributed by atoms with Crippen molar-refractivity contribution in [1.82, 2.24) is 4.90 Å². The Kier molecular flexibility index (Phi) is 6.22. The van der Waals surface area contributed by atoms with Crippen LogP contribution in [0.3, 0.4) is 0 Å². The number of amides is 3. The summed E-state index contributed by atoms with van der Waals surface area (Å²) in [6, 6.07) is 11.9. The zero-order valence-electron chi connectivity index (χ0n) is 17.4. The molecular weight excluding hydrogens is 460 g/mol. The van der Waals surface area contributed by atoms with E-state index in [-0.39, 0.29) is 34.8 Å². The standard InChI is InChI=1S/C24H19ClN4O3S/c25-15-8-9-19(33)17(11-15)22(30)28-18-3-1-2-16-21(18)24(32)29(23(16)31)12-14-6-4-13(5-7-14)10-20(26)27/h1-8,11H,9-10,12H2,(H3,26,27)(H,28,30). The summed E-state index contributed by atoms with van der Waals surface area (Å²) in [6.07, 6.45) is 3.92. The van der Waals surface area contributed by atoms with Crippen molar-refractivity contribution in [3.05, 3.63) is 87.5 Å². The molecule has 0 saturated carbocycles. The van der Waals surface area contributed by atoms with Gasteiger partial charge < -0.3 is 11.1 Å². The van der Waals surface area contributed by atoms with E-state index in [4.69, 9.17) is 35.0 Å².